The van der Waals surface area contributed by atoms with Crippen molar-refractivity contribution in [3.05, 3.63) is 58.7 Å². The molecule has 7 heteroatoms. The number of aromatic nitrogens is 1. The quantitative estimate of drug-likeness (QED) is 0.792. The summed E-state index contributed by atoms with van der Waals surface area (Å²) in [6, 6.07) is 11.3. The van der Waals surface area contributed by atoms with Gasteiger partial charge < -0.3 is 10.2 Å². The number of carbonyl (C=O) groups excluding carboxylic acids is 2. The van der Waals surface area contributed by atoms with E-state index in [1.54, 1.807) is 18.3 Å². The maximum absolute atomic E-state index is 12.8. The number of nitrogens with zero attached hydrogens (tertiary/aromatic N) is 3. The average molecular weight is 427 g/mol. The van der Waals surface area contributed by atoms with E-state index in [4.69, 9.17) is 11.6 Å². The maximum Gasteiger partial charge on any atom is 0.248 e. The third-order valence-electron chi connectivity index (χ3n) is 6.05. The average Bonchev–Trinajstić information content (AvgIpc) is 3.14. The van der Waals surface area contributed by atoms with Crippen LogP contribution in [0.3, 0.4) is 0 Å². The van der Waals surface area contributed by atoms with Crippen LogP contribution in [-0.4, -0.2) is 51.8 Å². The SMILES string of the molecule is Cc1cc(CN2CCC(N3C(=O)CC[C@@H]3C(=O)Nc3ccccn3)CC2)ccc1Cl. The summed E-state index contributed by atoms with van der Waals surface area (Å²) < 4.78 is 0. The second kappa shape index (κ2) is 9.14. The van der Waals surface area contributed by atoms with Crippen molar-refractivity contribution in [2.24, 2.45) is 0 Å². The predicted octanol–water partition coefficient (Wildman–Crippen LogP) is 3.64. The van der Waals surface area contributed by atoms with Crippen LogP contribution in [0.5, 0.6) is 0 Å². The molecule has 1 atom stereocenters. The van der Waals surface area contributed by atoms with Gasteiger partial charge in [0.1, 0.15) is 11.9 Å². The molecule has 0 unspecified atom stereocenters. The Labute approximate surface area is 182 Å². The van der Waals surface area contributed by atoms with Gasteiger partial charge in [0.2, 0.25) is 11.8 Å². The first-order valence-electron chi connectivity index (χ1n) is 10.5. The molecular weight excluding hydrogens is 400 g/mol. The summed E-state index contributed by atoms with van der Waals surface area (Å²) in [6.07, 6.45) is 4.41. The number of amides is 2. The Hall–Kier alpha value is -2.44. The molecule has 2 fully saturated rings. The summed E-state index contributed by atoms with van der Waals surface area (Å²) in [6.45, 7) is 4.71. The summed E-state index contributed by atoms with van der Waals surface area (Å²) in [5.74, 6) is 0.469. The Morgan fingerprint density at radius 1 is 1.20 bits per heavy atom. The van der Waals surface area contributed by atoms with Crippen LogP contribution in [0.25, 0.3) is 0 Å². The molecule has 2 aliphatic rings. The third-order valence-corrected chi connectivity index (χ3v) is 6.48. The number of aryl methyl sites for hydroxylation is 1. The van der Waals surface area contributed by atoms with Crippen LogP contribution in [-0.2, 0) is 16.1 Å². The fourth-order valence-electron chi connectivity index (χ4n) is 4.48. The second-order valence-electron chi connectivity index (χ2n) is 8.15. The van der Waals surface area contributed by atoms with Crippen LogP contribution in [0.2, 0.25) is 5.02 Å². The summed E-state index contributed by atoms with van der Waals surface area (Å²) in [4.78, 5) is 33.8. The van der Waals surface area contributed by atoms with E-state index in [0.29, 0.717) is 18.7 Å². The minimum atomic E-state index is -0.407. The normalized spacial score (nSPS) is 20.5. The van der Waals surface area contributed by atoms with Gasteiger partial charge in [-0.1, -0.05) is 29.8 Å². The fraction of sp³-hybridized carbons (Fsp3) is 0.435. The van der Waals surface area contributed by atoms with E-state index < -0.39 is 6.04 Å². The number of pyridine rings is 1. The minimum absolute atomic E-state index is 0.0861. The van der Waals surface area contributed by atoms with Crippen LogP contribution in [0.1, 0.15) is 36.8 Å². The van der Waals surface area contributed by atoms with Crippen molar-refractivity contribution < 1.29 is 9.59 Å². The van der Waals surface area contributed by atoms with Gasteiger partial charge in [-0.3, -0.25) is 14.5 Å². The van der Waals surface area contributed by atoms with E-state index in [0.717, 1.165) is 43.1 Å². The molecule has 1 aromatic carbocycles. The zero-order chi connectivity index (χ0) is 21.1. The van der Waals surface area contributed by atoms with Gasteiger partial charge in [0.25, 0.3) is 0 Å². The van der Waals surface area contributed by atoms with Crippen molar-refractivity contribution in [3.63, 3.8) is 0 Å². The van der Waals surface area contributed by atoms with E-state index in [1.807, 2.05) is 24.0 Å². The number of anilines is 1. The van der Waals surface area contributed by atoms with E-state index in [-0.39, 0.29) is 17.9 Å². The van der Waals surface area contributed by atoms with E-state index in [9.17, 15) is 9.59 Å². The Morgan fingerprint density at radius 2 is 2.00 bits per heavy atom. The third kappa shape index (κ3) is 4.65. The summed E-state index contributed by atoms with van der Waals surface area (Å²) in [7, 11) is 0. The molecular formula is C23H27ClN4O2. The van der Waals surface area contributed by atoms with Gasteiger partial charge in [-0.05, 0) is 55.5 Å². The first-order chi connectivity index (χ1) is 14.5. The number of halogens is 1. The highest BCUT2D eigenvalue weighted by Crippen LogP contribution is 2.28. The topological polar surface area (TPSA) is 65.5 Å². The first-order valence-corrected chi connectivity index (χ1v) is 10.9. The molecule has 0 radical (unpaired) electrons. The monoisotopic (exact) mass is 426 g/mol. The van der Waals surface area contributed by atoms with Crippen LogP contribution >= 0.6 is 11.6 Å². The number of likely N-dealkylation sites (tertiary alicyclic amines) is 2. The highest BCUT2D eigenvalue weighted by molar-refractivity contribution is 6.31. The van der Waals surface area contributed by atoms with Crippen LogP contribution in [0.15, 0.2) is 42.6 Å². The Morgan fingerprint density at radius 3 is 2.70 bits per heavy atom. The summed E-state index contributed by atoms with van der Waals surface area (Å²) >= 11 is 6.13. The van der Waals surface area contributed by atoms with Crippen molar-refractivity contribution in [2.45, 2.75) is 51.2 Å². The lowest BCUT2D eigenvalue weighted by Crippen LogP contribution is -2.51. The van der Waals surface area contributed by atoms with Crippen molar-refractivity contribution in [1.29, 1.82) is 0 Å². The number of rotatable bonds is 5. The largest absolute Gasteiger partial charge is 0.328 e. The molecule has 3 heterocycles. The molecule has 2 aromatic rings. The Balaban J connectivity index is 1.35. The molecule has 0 saturated carbocycles. The van der Waals surface area contributed by atoms with Crippen LogP contribution in [0, 0.1) is 6.92 Å². The number of carbonyl (C=O) groups is 2. The van der Waals surface area contributed by atoms with Gasteiger partial charge in [0.15, 0.2) is 0 Å². The maximum atomic E-state index is 12.8. The lowest BCUT2D eigenvalue weighted by molar-refractivity contribution is -0.136. The van der Waals surface area contributed by atoms with Crippen molar-refractivity contribution in [2.75, 3.05) is 18.4 Å². The van der Waals surface area contributed by atoms with Crippen molar-refractivity contribution in [3.8, 4) is 0 Å². The summed E-state index contributed by atoms with van der Waals surface area (Å²) in [5.41, 5.74) is 2.34. The van der Waals surface area contributed by atoms with Gasteiger partial charge in [-0.15, -0.1) is 0 Å². The highest BCUT2D eigenvalue weighted by atomic mass is 35.5. The van der Waals surface area contributed by atoms with Crippen molar-refractivity contribution in [1.82, 2.24) is 14.8 Å². The smallest absolute Gasteiger partial charge is 0.248 e. The number of hydrogen-bond donors (Lipinski definition) is 1. The van der Waals surface area contributed by atoms with Gasteiger partial charge >= 0.3 is 0 Å². The van der Waals surface area contributed by atoms with Crippen LogP contribution < -0.4 is 5.32 Å². The molecule has 0 aliphatic carbocycles. The lowest BCUT2D eigenvalue weighted by Gasteiger charge is -2.39. The standard InChI is InChI=1S/C23H27ClN4O2/c1-16-14-17(5-6-19(16)24)15-27-12-9-18(10-13-27)28-20(7-8-22(28)29)23(30)26-21-4-2-3-11-25-21/h2-6,11,14,18,20H,7-10,12-13,15H2,1H3,(H,25,26,30)/t20-/m1/s1. The molecule has 158 valence electrons. The molecule has 2 aliphatic heterocycles. The van der Waals surface area contributed by atoms with E-state index in [1.165, 1.54) is 5.56 Å². The molecule has 4 rings (SSSR count). The lowest BCUT2D eigenvalue weighted by atomic mass is 10.0. The zero-order valence-electron chi connectivity index (χ0n) is 17.2. The van der Waals surface area contributed by atoms with Crippen LogP contribution in [0.4, 0.5) is 5.82 Å². The number of benzene rings is 1. The van der Waals surface area contributed by atoms with Gasteiger partial charge in [-0.25, -0.2) is 4.98 Å². The van der Waals surface area contributed by atoms with Gasteiger partial charge in [0.05, 0.1) is 0 Å². The van der Waals surface area contributed by atoms with Crippen molar-refractivity contribution >= 4 is 29.2 Å². The summed E-state index contributed by atoms with van der Waals surface area (Å²) in [5, 5.41) is 3.65. The molecule has 2 saturated heterocycles. The minimum Gasteiger partial charge on any atom is -0.328 e. The molecule has 6 nitrogen and oxygen atoms in total. The number of piperidine rings is 1. The molecule has 1 N–H and O–H groups in total. The number of hydrogen-bond acceptors (Lipinski definition) is 4. The van der Waals surface area contributed by atoms with E-state index >= 15 is 0 Å². The zero-order valence-corrected chi connectivity index (χ0v) is 17.9. The Kier molecular flexibility index (Phi) is 6.35. The molecule has 1 aromatic heterocycles. The highest BCUT2D eigenvalue weighted by Gasteiger charge is 2.41. The van der Waals surface area contributed by atoms with E-state index in [2.05, 4.69) is 27.3 Å². The molecule has 2 amide bonds. The Bertz CT molecular complexity index is 913. The molecule has 0 spiro atoms. The first kappa shape index (κ1) is 20.8. The molecule has 30 heavy (non-hydrogen) atoms. The fourth-order valence-corrected chi connectivity index (χ4v) is 4.60. The predicted molar refractivity (Wildman–Crippen MR) is 117 cm³/mol. The molecule has 0 bridgehead atoms. The second-order valence-corrected chi connectivity index (χ2v) is 8.56. The van der Waals surface area contributed by atoms with Gasteiger partial charge in [-0.2, -0.15) is 0 Å². The van der Waals surface area contributed by atoms with Gasteiger partial charge in [0, 0.05) is 43.3 Å². The number of nitrogens with one attached hydrogen (secondary N) is 1.